The fourth-order valence-electron chi connectivity index (χ4n) is 5.09. The SMILES string of the molecule is C[C@H](CN(C)C)N(Cc1cc(C(C)(C)C)cc(C(C)(C)C)c1O)Cc1cc(C(C)(C)C)cc(C(C)(C)C)c1O. The monoisotopic (exact) mass is 538 g/mol. The molecule has 2 aromatic carbocycles. The molecule has 0 radical (unpaired) electrons. The van der Waals surface area contributed by atoms with Gasteiger partial charge in [0.15, 0.2) is 0 Å². The molecule has 0 amide bonds. The van der Waals surface area contributed by atoms with Gasteiger partial charge in [-0.2, -0.15) is 0 Å². The Balaban J connectivity index is 2.73. The van der Waals surface area contributed by atoms with Gasteiger partial charge in [0.1, 0.15) is 11.5 Å². The van der Waals surface area contributed by atoms with E-state index in [9.17, 15) is 10.2 Å². The molecule has 39 heavy (non-hydrogen) atoms. The number of phenolic OH excluding ortho intramolecular Hbond substituents is 2. The first-order valence-electron chi connectivity index (χ1n) is 14.6. The summed E-state index contributed by atoms with van der Waals surface area (Å²) in [4.78, 5) is 4.61. The van der Waals surface area contributed by atoms with Crippen molar-refractivity contribution in [1.29, 1.82) is 0 Å². The highest BCUT2D eigenvalue weighted by Gasteiger charge is 2.29. The highest BCUT2D eigenvalue weighted by Crippen LogP contribution is 2.41. The predicted molar refractivity (Wildman–Crippen MR) is 168 cm³/mol. The summed E-state index contributed by atoms with van der Waals surface area (Å²) in [5, 5.41) is 23.1. The summed E-state index contributed by atoms with van der Waals surface area (Å²) in [5.74, 6) is 0.779. The van der Waals surface area contributed by atoms with Gasteiger partial charge in [-0.05, 0) is 64.9 Å². The number of rotatable bonds is 7. The van der Waals surface area contributed by atoms with Crippen molar-refractivity contribution in [2.75, 3.05) is 20.6 Å². The van der Waals surface area contributed by atoms with E-state index in [0.717, 1.165) is 28.8 Å². The van der Waals surface area contributed by atoms with Gasteiger partial charge in [-0.25, -0.2) is 0 Å². The fraction of sp³-hybridized carbons (Fsp3) is 0.657. The molecule has 0 aromatic heterocycles. The minimum atomic E-state index is -0.179. The molecule has 2 aromatic rings. The summed E-state index contributed by atoms with van der Waals surface area (Å²) in [6.45, 7) is 30.6. The topological polar surface area (TPSA) is 46.9 Å². The predicted octanol–water partition coefficient (Wildman–Crippen LogP) is 8.24. The molecule has 1 atom stereocenters. The molecule has 0 bridgehead atoms. The third-order valence-electron chi connectivity index (χ3n) is 7.73. The second kappa shape index (κ2) is 11.4. The third-order valence-corrected chi connectivity index (χ3v) is 7.73. The van der Waals surface area contributed by atoms with Crippen LogP contribution in [0, 0.1) is 0 Å². The molecule has 4 heteroatoms. The number of likely N-dealkylation sites (N-methyl/N-ethyl adjacent to an activating group) is 1. The molecule has 0 aliphatic rings. The zero-order chi connectivity index (χ0) is 30.3. The summed E-state index contributed by atoms with van der Waals surface area (Å²) in [6, 6.07) is 8.94. The van der Waals surface area contributed by atoms with Crippen LogP contribution >= 0.6 is 0 Å². The quantitative estimate of drug-likeness (QED) is 0.373. The van der Waals surface area contributed by atoms with Gasteiger partial charge in [-0.3, -0.25) is 4.90 Å². The molecular formula is C35H58N2O2. The molecule has 2 rings (SSSR count). The van der Waals surface area contributed by atoms with E-state index >= 15 is 0 Å². The molecular weight excluding hydrogens is 480 g/mol. The van der Waals surface area contributed by atoms with E-state index in [4.69, 9.17) is 0 Å². The Kier molecular flexibility index (Phi) is 9.74. The van der Waals surface area contributed by atoms with Crippen molar-refractivity contribution in [2.24, 2.45) is 0 Å². The van der Waals surface area contributed by atoms with E-state index in [0.29, 0.717) is 24.6 Å². The molecule has 0 spiro atoms. The van der Waals surface area contributed by atoms with Crippen LogP contribution in [0.4, 0.5) is 0 Å². The van der Waals surface area contributed by atoms with Gasteiger partial charge >= 0.3 is 0 Å². The van der Waals surface area contributed by atoms with Crippen molar-refractivity contribution in [2.45, 2.75) is 131 Å². The Morgan fingerprint density at radius 3 is 1.18 bits per heavy atom. The van der Waals surface area contributed by atoms with Crippen LogP contribution in [0.1, 0.15) is 123 Å². The van der Waals surface area contributed by atoms with E-state index in [2.05, 4.69) is 138 Å². The maximum Gasteiger partial charge on any atom is 0.123 e. The van der Waals surface area contributed by atoms with Crippen molar-refractivity contribution >= 4 is 0 Å². The van der Waals surface area contributed by atoms with Gasteiger partial charge in [0.2, 0.25) is 0 Å². The van der Waals surface area contributed by atoms with Crippen LogP contribution in [0.3, 0.4) is 0 Å². The Morgan fingerprint density at radius 1 is 0.590 bits per heavy atom. The molecule has 0 heterocycles. The van der Waals surface area contributed by atoms with Crippen LogP contribution in [0.5, 0.6) is 11.5 Å². The summed E-state index contributed by atoms with van der Waals surface area (Å²) in [7, 11) is 4.19. The minimum absolute atomic E-state index is 0.0382. The summed E-state index contributed by atoms with van der Waals surface area (Å²) < 4.78 is 0. The van der Waals surface area contributed by atoms with Gasteiger partial charge in [0.05, 0.1) is 0 Å². The van der Waals surface area contributed by atoms with Crippen molar-refractivity contribution in [3.63, 3.8) is 0 Å². The van der Waals surface area contributed by atoms with E-state index in [1.165, 1.54) is 11.1 Å². The average Bonchev–Trinajstić information content (AvgIpc) is 2.71. The number of phenols is 2. The van der Waals surface area contributed by atoms with Gasteiger partial charge < -0.3 is 15.1 Å². The van der Waals surface area contributed by atoms with Gasteiger partial charge in [0, 0.05) is 36.8 Å². The van der Waals surface area contributed by atoms with Crippen LogP contribution < -0.4 is 0 Å². The van der Waals surface area contributed by atoms with E-state index in [1.54, 1.807) is 0 Å². The first-order chi connectivity index (χ1) is 17.4. The van der Waals surface area contributed by atoms with Gasteiger partial charge in [-0.15, -0.1) is 0 Å². The maximum atomic E-state index is 11.6. The molecule has 0 aliphatic carbocycles. The number of aromatic hydroxyl groups is 2. The molecule has 220 valence electrons. The van der Waals surface area contributed by atoms with Crippen LogP contribution in [0.15, 0.2) is 24.3 Å². The molecule has 0 aliphatic heterocycles. The lowest BCUT2D eigenvalue weighted by molar-refractivity contribution is 0.155. The average molecular weight is 539 g/mol. The standard InChI is InChI=1S/C35H58N2O2/c1-23(20-36(14)15)37(21-24-16-26(32(2,3)4)18-28(30(24)38)34(8,9)10)22-25-17-27(33(5,6)7)19-29(31(25)39)35(11,12)13/h16-19,23,38-39H,20-22H2,1-15H3/t23-/m1/s1. The Bertz CT molecular complexity index is 1050. The maximum absolute atomic E-state index is 11.6. The van der Waals surface area contributed by atoms with Crippen molar-refractivity contribution in [1.82, 2.24) is 9.80 Å². The Hall–Kier alpha value is -2.04. The lowest BCUT2D eigenvalue weighted by Gasteiger charge is -2.34. The summed E-state index contributed by atoms with van der Waals surface area (Å²) in [5.41, 5.74) is 5.88. The zero-order valence-corrected chi connectivity index (χ0v) is 27.8. The second-order valence-corrected chi connectivity index (χ2v) is 16.1. The van der Waals surface area contributed by atoms with Crippen molar-refractivity contribution in [3.05, 3.63) is 57.6 Å². The van der Waals surface area contributed by atoms with Crippen molar-refractivity contribution < 1.29 is 10.2 Å². The summed E-state index contributed by atoms with van der Waals surface area (Å²) >= 11 is 0. The number of nitrogens with zero attached hydrogens (tertiary/aromatic N) is 2. The Morgan fingerprint density at radius 2 is 0.923 bits per heavy atom. The lowest BCUT2D eigenvalue weighted by Crippen LogP contribution is -2.39. The second-order valence-electron chi connectivity index (χ2n) is 16.1. The zero-order valence-electron chi connectivity index (χ0n) is 27.8. The molecule has 4 nitrogen and oxygen atoms in total. The largest absolute Gasteiger partial charge is 0.507 e. The molecule has 0 saturated carbocycles. The highest BCUT2D eigenvalue weighted by molar-refractivity contribution is 5.50. The van der Waals surface area contributed by atoms with E-state index in [-0.39, 0.29) is 27.7 Å². The Labute approximate surface area is 240 Å². The lowest BCUT2D eigenvalue weighted by atomic mass is 9.78. The van der Waals surface area contributed by atoms with Crippen LogP contribution in [-0.4, -0.2) is 46.7 Å². The van der Waals surface area contributed by atoms with Crippen LogP contribution in [0.25, 0.3) is 0 Å². The number of hydrogen-bond acceptors (Lipinski definition) is 4. The highest BCUT2D eigenvalue weighted by atomic mass is 16.3. The number of hydrogen-bond donors (Lipinski definition) is 2. The fourth-order valence-corrected chi connectivity index (χ4v) is 5.09. The van der Waals surface area contributed by atoms with E-state index < -0.39 is 0 Å². The normalized spacial score (nSPS) is 14.4. The van der Waals surface area contributed by atoms with E-state index in [1.807, 2.05) is 0 Å². The van der Waals surface area contributed by atoms with Gasteiger partial charge in [-0.1, -0.05) is 107 Å². The van der Waals surface area contributed by atoms with Gasteiger partial charge in [0.25, 0.3) is 0 Å². The first kappa shape index (κ1) is 33.2. The molecule has 2 N–H and O–H groups in total. The smallest absolute Gasteiger partial charge is 0.123 e. The van der Waals surface area contributed by atoms with Crippen LogP contribution in [-0.2, 0) is 34.7 Å². The third kappa shape index (κ3) is 8.47. The summed E-state index contributed by atoms with van der Waals surface area (Å²) in [6.07, 6.45) is 0. The van der Waals surface area contributed by atoms with Crippen LogP contribution in [0.2, 0.25) is 0 Å². The molecule has 0 unspecified atom stereocenters. The minimum Gasteiger partial charge on any atom is -0.507 e. The van der Waals surface area contributed by atoms with Crippen molar-refractivity contribution in [3.8, 4) is 11.5 Å². The molecule has 0 fully saturated rings. The number of benzene rings is 2. The molecule has 0 saturated heterocycles. The first-order valence-corrected chi connectivity index (χ1v) is 14.6.